The molecule has 0 saturated heterocycles. The summed E-state index contributed by atoms with van der Waals surface area (Å²) in [5, 5.41) is 0. The van der Waals surface area contributed by atoms with E-state index in [0.717, 1.165) is 5.56 Å². The lowest BCUT2D eigenvalue weighted by Gasteiger charge is -2.04. The summed E-state index contributed by atoms with van der Waals surface area (Å²) >= 11 is 0.493. The van der Waals surface area contributed by atoms with Crippen LogP contribution in [0.5, 0.6) is 0 Å². The van der Waals surface area contributed by atoms with Crippen LogP contribution in [0, 0.1) is 0 Å². The van der Waals surface area contributed by atoms with Crippen molar-refractivity contribution in [3.8, 4) is 11.3 Å². The van der Waals surface area contributed by atoms with Crippen LogP contribution in [0.3, 0.4) is 0 Å². The zero-order valence-electron chi connectivity index (χ0n) is 9.18. The largest absolute Gasteiger partial charge is 0.384 e. The first-order valence-corrected chi connectivity index (χ1v) is 5.88. The van der Waals surface area contributed by atoms with Crippen molar-refractivity contribution in [2.45, 2.75) is 10.7 Å². The van der Waals surface area contributed by atoms with Crippen molar-refractivity contribution < 1.29 is 8.78 Å². The summed E-state index contributed by atoms with van der Waals surface area (Å²) < 4.78 is 24.3. The van der Waals surface area contributed by atoms with Crippen LogP contribution in [0.2, 0.25) is 0 Å². The average Bonchev–Trinajstić information content (AvgIpc) is 2.27. The van der Waals surface area contributed by atoms with Crippen LogP contribution < -0.4 is 11.5 Å². The molecule has 7 heteroatoms. The zero-order chi connectivity index (χ0) is 13.1. The number of hydrogen-bond donors (Lipinski definition) is 2. The number of nitrogen functional groups attached to an aromatic ring is 2. The van der Waals surface area contributed by atoms with Gasteiger partial charge in [0.1, 0.15) is 5.82 Å². The molecule has 0 aliphatic rings. The van der Waals surface area contributed by atoms with Gasteiger partial charge in [0.25, 0.3) is 5.76 Å². The third-order valence-electron chi connectivity index (χ3n) is 2.14. The fourth-order valence-corrected chi connectivity index (χ4v) is 1.94. The lowest BCUT2D eigenvalue weighted by atomic mass is 10.1. The number of anilines is 2. The Morgan fingerprint density at radius 2 is 1.72 bits per heavy atom. The molecule has 0 saturated carbocycles. The summed E-state index contributed by atoms with van der Waals surface area (Å²) in [5.41, 5.74) is 12.4. The lowest BCUT2D eigenvalue weighted by Crippen LogP contribution is -2.00. The van der Waals surface area contributed by atoms with Crippen molar-refractivity contribution >= 4 is 23.5 Å². The predicted octanol–water partition coefficient (Wildman–Crippen LogP) is 2.62. The van der Waals surface area contributed by atoms with Crippen molar-refractivity contribution in [1.29, 1.82) is 0 Å². The molecule has 18 heavy (non-hydrogen) atoms. The highest BCUT2D eigenvalue weighted by Gasteiger charge is 2.07. The number of hydrogen-bond acceptors (Lipinski definition) is 5. The molecule has 1 aromatic carbocycles. The van der Waals surface area contributed by atoms with Gasteiger partial charge in [-0.05, 0) is 12.1 Å². The summed E-state index contributed by atoms with van der Waals surface area (Å²) in [6.45, 7) is 0. The van der Waals surface area contributed by atoms with Gasteiger partial charge in [0, 0.05) is 16.5 Å². The Bertz CT molecular complexity index is 525. The van der Waals surface area contributed by atoms with Crippen LogP contribution in [0.25, 0.3) is 11.3 Å². The maximum absolute atomic E-state index is 12.2. The molecule has 0 fully saturated rings. The smallest absolute Gasteiger partial charge is 0.288 e. The van der Waals surface area contributed by atoms with Crippen LogP contribution in [-0.4, -0.2) is 15.7 Å². The van der Waals surface area contributed by atoms with Gasteiger partial charge in [-0.15, -0.1) is 0 Å². The molecular weight excluding hydrogens is 258 g/mol. The summed E-state index contributed by atoms with van der Waals surface area (Å²) in [6, 6.07) is 8.14. The van der Waals surface area contributed by atoms with E-state index in [0.29, 0.717) is 22.4 Å². The minimum Gasteiger partial charge on any atom is -0.384 e. The quantitative estimate of drug-likeness (QED) is 0.837. The highest BCUT2D eigenvalue weighted by Crippen LogP contribution is 2.27. The van der Waals surface area contributed by atoms with Crippen molar-refractivity contribution in [3.63, 3.8) is 0 Å². The van der Waals surface area contributed by atoms with E-state index in [1.54, 1.807) is 30.3 Å². The van der Waals surface area contributed by atoms with Crippen molar-refractivity contribution in [3.05, 3.63) is 30.3 Å². The van der Waals surface area contributed by atoms with E-state index in [4.69, 9.17) is 11.5 Å². The molecule has 0 spiro atoms. The van der Waals surface area contributed by atoms with E-state index in [-0.39, 0.29) is 11.8 Å². The molecule has 0 unspecified atom stereocenters. The Morgan fingerprint density at radius 3 is 2.28 bits per heavy atom. The van der Waals surface area contributed by atoms with Gasteiger partial charge in [-0.25, -0.2) is 4.98 Å². The Morgan fingerprint density at radius 1 is 1.06 bits per heavy atom. The molecule has 0 bridgehead atoms. The van der Waals surface area contributed by atoms with Crippen LogP contribution in [0.4, 0.5) is 20.5 Å². The maximum Gasteiger partial charge on any atom is 0.288 e. The summed E-state index contributed by atoms with van der Waals surface area (Å²) in [7, 11) is 0. The van der Waals surface area contributed by atoms with Gasteiger partial charge < -0.3 is 11.5 Å². The fraction of sp³-hybridized carbons (Fsp3) is 0.0909. The third kappa shape index (κ3) is 3.07. The number of halogens is 2. The Hall–Kier alpha value is -1.89. The first-order valence-electron chi connectivity index (χ1n) is 5.00. The van der Waals surface area contributed by atoms with E-state index < -0.39 is 5.76 Å². The van der Waals surface area contributed by atoms with E-state index >= 15 is 0 Å². The first-order chi connectivity index (χ1) is 8.54. The van der Waals surface area contributed by atoms with Crippen molar-refractivity contribution in [2.75, 3.05) is 11.5 Å². The Kier molecular flexibility index (Phi) is 3.61. The molecule has 4 N–H and O–H groups in total. The second-order valence-electron chi connectivity index (χ2n) is 3.44. The second kappa shape index (κ2) is 5.18. The molecular formula is C11H10F2N4S. The first kappa shape index (κ1) is 12.6. The van der Waals surface area contributed by atoms with Crippen molar-refractivity contribution in [1.82, 2.24) is 9.97 Å². The summed E-state index contributed by atoms with van der Waals surface area (Å²) in [4.78, 5) is 8.27. The molecule has 1 heterocycles. The molecule has 2 rings (SSSR count). The highest BCUT2D eigenvalue weighted by molar-refractivity contribution is 7.99. The number of nitrogens with two attached hydrogens (primary N) is 2. The van der Waals surface area contributed by atoms with Gasteiger partial charge in [-0.2, -0.15) is 13.8 Å². The Balaban J connectivity index is 2.28. The van der Waals surface area contributed by atoms with E-state index in [2.05, 4.69) is 9.97 Å². The van der Waals surface area contributed by atoms with E-state index in [1.165, 1.54) is 0 Å². The van der Waals surface area contributed by atoms with Gasteiger partial charge in [-0.1, -0.05) is 23.9 Å². The number of aromatic nitrogens is 2. The minimum atomic E-state index is -2.43. The number of nitrogens with zero attached hydrogens (tertiary/aromatic N) is 2. The van der Waals surface area contributed by atoms with Gasteiger partial charge in [0.05, 0.1) is 5.69 Å². The predicted molar refractivity (Wildman–Crippen MR) is 68.2 cm³/mol. The normalized spacial score (nSPS) is 10.8. The highest BCUT2D eigenvalue weighted by atomic mass is 32.2. The van der Waals surface area contributed by atoms with Gasteiger partial charge in [-0.3, -0.25) is 0 Å². The van der Waals surface area contributed by atoms with Crippen LogP contribution in [0.15, 0.2) is 35.2 Å². The molecule has 1 aromatic heterocycles. The van der Waals surface area contributed by atoms with Gasteiger partial charge in [0.2, 0.25) is 5.95 Å². The van der Waals surface area contributed by atoms with Crippen LogP contribution in [0.1, 0.15) is 0 Å². The van der Waals surface area contributed by atoms with Crippen molar-refractivity contribution in [2.24, 2.45) is 0 Å². The number of thioether (sulfide) groups is 1. The fourth-order valence-electron chi connectivity index (χ4n) is 1.44. The standard InChI is InChI=1S/C11H10F2N4S/c12-10(13)18-7-3-1-6(2-4-7)8-5-9(14)17-11(15)16-8/h1-5,10H,(H4,14,15,16,17). The molecule has 2 aromatic rings. The topological polar surface area (TPSA) is 77.8 Å². The number of alkyl halides is 2. The molecule has 4 nitrogen and oxygen atoms in total. The molecule has 0 aliphatic heterocycles. The third-order valence-corrected chi connectivity index (χ3v) is 2.86. The van der Waals surface area contributed by atoms with E-state index in [9.17, 15) is 8.78 Å². The second-order valence-corrected chi connectivity index (χ2v) is 4.50. The molecule has 0 amide bonds. The molecule has 94 valence electrons. The number of benzene rings is 1. The summed E-state index contributed by atoms with van der Waals surface area (Å²) in [5.74, 6) is -2.08. The SMILES string of the molecule is Nc1cc(-c2ccc(SC(F)F)cc2)nc(N)n1. The van der Waals surface area contributed by atoms with Gasteiger partial charge >= 0.3 is 0 Å². The molecule has 0 aliphatic carbocycles. The molecule has 0 radical (unpaired) electrons. The maximum atomic E-state index is 12.2. The van der Waals surface area contributed by atoms with Crippen LogP contribution >= 0.6 is 11.8 Å². The minimum absolute atomic E-state index is 0.0797. The molecule has 0 atom stereocenters. The summed E-state index contributed by atoms with van der Waals surface area (Å²) in [6.07, 6.45) is 0. The number of rotatable bonds is 3. The average molecular weight is 268 g/mol. The van der Waals surface area contributed by atoms with E-state index in [1.807, 2.05) is 0 Å². The Labute approximate surface area is 106 Å². The van der Waals surface area contributed by atoms with Gasteiger partial charge in [0.15, 0.2) is 0 Å². The van der Waals surface area contributed by atoms with Crippen LogP contribution in [-0.2, 0) is 0 Å². The zero-order valence-corrected chi connectivity index (χ0v) is 9.99. The monoisotopic (exact) mass is 268 g/mol. The lowest BCUT2D eigenvalue weighted by molar-refractivity contribution is 0.252.